The largest absolute Gasteiger partial charge is 0.483 e. The molecular formula is C21H22Cl2F6N6O3S. The number of amidine groups is 1. The van der Waals surface area contributed by atoms with E-state index in [1.807, 2.05) is 13.8 Å². The van der Waals surface area contributed by atoms with Gasteiger partial charge in [0.2, 0.25) is 5.84 Å². The van der Waals surface area contributed by atoms with Crippen molar-refractivity contribution in [2.75, 3.05) is 27.4 Å². The number of hydrogen-bond acceptors (Lipinski definition) is 7. The third kappa shape index (κ3) is 7.63. The van der Waals surface area contributed by atoms with E-state index in [1.54, 1.807) is 6.92 Å². The number of carbonyl (C=O) groups excluding carboxylic acids is 1. The summed E-state index contributed by atoms with van der Waals surface area (Å²) in [6.45, 7) is 5.24. The van der Waals surface area contributed by atoms with Crippen LogP contribution in [0.15, 0.2) is 27.2 Å². The zero-order valence-electron chi connectivity index (χ0n) is 21.0. The normalized spacial score (nSPS) is 13.7. The number of aromatic nitrogens is 2. The first-order valence-electron chi connectivity index (χ1n) is 10.9. The molecule has 0 aliphatic carbocycles. The minimum atomic E-state index is -4.89. The lowest BCUT2D eigenvalue weighted by Gasteiger charge is -2.19. The van der Waals surface area contributed by atoms with Crippen molar-refractivity contribution in [1.82, 2.24) is 19.6 Å². The topological polar surface area (TPSA) is 84.6 Å². The van der Waals surface area contributed by atoms with Crippen LogP contribution in [0.1, 0.15) is 32.0 Å². The van der Waals surface area contributed by atoms with Crippen LogP contribution in [-0.2, 0) is 15.8 Å². The van der Waals surface area contributed by atoms with Crippen molar-refractivity contribution in [3.63, 3.8) is 0 Å². The number of nitrogens with zero attached hydrogens (tertiary/aromatic N) is 6. The number of halogens is 8. The number of thioether (sulfide) groups is 1. The number of oxime groups is 1. The smallest absolute Gasteiger partial charge is 0.446 e. The van der Waals surface area contributed by atoms with Crippen molar-refractivity contribution in [3.05, 3.63) is 33.4 Å². The Balaban J connectivity index is 0.00000260. The lowest BCUT2D eigenvalue weighted by atomic mass is 10.2. The molecule has 18 heteroatoms. The Morgan fingerprint density at radius 2 is 1.79 bits per heavy atom. The number of urea groups is 1. The number of benzene rings is 1. The van der Waals surface area contributed by atoms with Gasteiger partial charge in [-0.1, -0.05) is 42.2 Å². The number of amides is 2. The fraction of sp³-hybridized carbons (Fsp3) is 0.429. The van der Waals surface area contributed by atoms with Gasteiger partial charge in [0.25, 0.3) is 0 Å². The molecule has 0 N–H and O–H groups in total. The molecule has 2 heterocycles. The van der Waals surface area contributed by atoms with Crippen LogP contribution in [0, 0.1) is 0 Å². The van der Waals surface area contributed by atoms with E-state index in [1.165, 1.54) is 14.1 Å². The molecule has 0 unspecified atom stereocenters. The summed E-state index contributed by atoms with van der Waals surface area (Å²) in [5.41, 5.74) is -7.01. The highest BCUT2D eigenvalue weighted by molar-refractivity contribution is 8.00. The molecule has 0 saturated heterocycles. The van der Waals surface area contributed by atoms with E-state index < -0.39 is 79.7 Å². The fourth-order valence-corrected chi connectivity index (χ4v) is 4.27. The van der Waals surface area contributed by atoms with Gasteiger partial charge in [0.1, 0.15) is 11.4 Å². The molecule has 39 heavy (non-hydrogen) atoms. The Morgan fingerprint density at radius 1 is 1.21 bits per heavy atom. The monoisotopic (exact) mass is 622 g/mol. The molecular weight excluding hydrogens is 601 g/mol. The number of alkyl halides is 6. The zero-order valence-corrected chi connectivity index (χ0v) is 23.3. The average Bonchev–Trinajstić information content (AvgIpc) is 3.43. The number of rotatable bonds is 6. The molecule has 1 aliphatic rings. The Hall–Kier alpha value is -2.85. The predicted octanol–water partition coefficient (Wildman–Crippen LogP) is 7.17. The van der Waals surface area contributed by atoms with Gasteiger partial charge in [0.15, 0.2) is 18.9 Å². The van der Waals surface area contributed by atoms with Crippen molar-refractivity contribution in [2.24, 2.45) is 10.1 Å². The van der Waals surface area contributed by atoms with Crippen LogP contribution in [0.5, 0.6) is 0 Å². The van der Waals surface area contributed by atoms with Gasteiger partial charge in [-0.2, -0.15) is 36.4 Å². The van der Waals surface area contributed by atoms with Crippen LogP contribution < -0.4 is 0 Å². The molecule has 0 bridgehead atoms. The summed E-state index contributed by atoms with van der Waals surface area (Å²) in [7, 11) is 2.78. The molecule has 9 nitrogen and oxygen atoms in total. The van der Waals surface area contributed by atoms with Crippen LogP contribution in [0.2, 0.25) is 10.0 Å². The maximum absolute atomic E-state index is 13.6. The first-order valence-corrected chi connectivity index (χ1v) is 12.5. The summed E-state index contributed by atoms with van der Waals surface area (Å²) < 4.78 is 86.3. The van der Waals surface area contributed by atoms with Crippen LogP contribution in [-0.4, -0.2) is 70.8 Å². The summed E-state index contributed by atoms with van der Waals surface area (Å²) in [4.78, 5) is 22.7. The third-order valence-corrected chi connectivity index (χ3v) is 5.82. The molecule has 0 radical (unpaired) electrons. The van der Waals surface area contributed by atoms with E-state index >= 15 is 0 Å². The fourth-order valence-electron chi connectivity index (χ4n) is 2.93. The first kappa shape index (κ1) is 32.4. The van der Waals surface area contributed by atoms with Gasteiger partial charge in [0, 0.05) is 14.1 Å². The Labute approximate surface area is 233 Å². The molecule has 216 valence electrons. The van der Waals surface area contributed by atoms with Gasteiger partial charge in [-0.05, 0) is 30.8 Å². The number of ether oxygens (including phenoxy) is 1. The van der Waals surface area contributed by atoms with Gasteiger partial charge in [0.05, 0.1) is 27.1 Å². The zero-order chi connectivity index (χ0) is 29.7. The van der Waals surface area contributed by atoms with Crippen LogP contribution >= 0.6 is 35.0 Å². The highest BCUT2D eigenvalue weighted by Gasteiger charge is 2.40. The lowest BCUT2D eigenvalue weighted by molar-refractivity contribution is -0.137. The van der Waals surface area contributed by atoms with Gasteiger partial charge in [-0.25, -0.2) is 14.4 Å². The molecule has 0 fully saturated rings. The molecule has 1 aliphatic heterocycles. The van der Waals surface area contributed by atoms with E-state index in [4.69, 9.17) is 32.8 Å². The van der Waals surface area contributed by atoms with Crippen LogP contribution in [0.25, 0.3) is 5.69 Å². The summed E-state index contributed by atoms with van der Waals surface area (Å²) >= 11 is 11.5. The van der Waals surface area contributed by atoms with E-state index in [9.17, 15) is 31.1 Å². The summed E-state index contributed by atoms with van der Waals surface area (Å²) in [5, 5.41) is 6.57. The molecule has 1 aromatic heterocycles. The predicted molar refractivity (Wildman–Crippen MR) is 135 cm³/mol. The third-order valence-electron chi connectivity index (χ3n) is 4.43. The van der Waals surface area contributed by atoms with E-state index in [-0.39, 0.29) is 6.61 Å². The lowest BCUT2D eigenvalue weighted by Crippen LogP contribution is -2.42. The molecule has 0 spiro atoms. The van der Waals surface area contributed by atoms with Gasteiger partial charge in [-0.15, -0.1) is 0 Å². The number of carbonyl (C=O) groups is 1. The van der Waals surface area contributed by atoms with Gasteiger partial charge >= 0.3 is 17.7 Å². The number of hydrogen-bond donors (Lipinski definition) is 0. The molecule has 0 saturated carbocycles. The average molecular weight is 623 g/mol. The van der Waals surface area contributed by atoms with Crippen molar-refractivity contribution in [1.29, 1.82) is 0 Å². The molecule has 1 aromatic carbocycles. The SMILES string of the molecule is CC.CCOC=Nc1c(SC(F)(F)F)c(C2=NOCN2C(=O)N(C)C)nn1-c1c(Cl)cc(C(F)(F)F)cc1Cl. The molecule has 3 rings (SSSR count). The summed E-state index contributed by atoms with van der Waals surface area (Å²) in [6, 6.07) is 0.377. The minimum absolute atomic E-state index is 0.0969. The Morgan fingerprint density at radius 3 is 2.28 bits per heavy atom. The second-order valence-corrected chi connectivity index (χ2v) is 9.10. The maximum Gasteiger partial charge on any atom is 0.446 e. The molecule has 0 atom stereocenters. The maximum atomic E-state index is 13.6. The molecule has 2 aromatic rings. The second kappa shape index (κ2) is 13.0. The summed E-state index contributed by atoms with van der Waals surface area (Å²) in [6.07, 6.45) is -3.99. The van der Waals surface area contributed by atoms with E-state index in [2.05, 4.69) is 15.2 Å². The van der Waals surface area contributed by atoms with Crippen molar-refractivity contribution < 1.29 is 40.7 Å². The van der Waals surface area contributed by atoms with Crippen molar-refractivity contribution in [2.45, 2.75) is 37.4 Å². The second-order valence-electron chi connectivity index (χ2n) is 7.22. The van der Waals surface area contributed by atoms with E-state index in [0.717, 1.165) is 16.2 Å². The Bertz CT molecular complexity index is 1230. The Kier molecular flexibility index (Phi) is 10.8. The highest BCUT2D eigenvalue weighted by atomic mass is 35.5. The first-order chi connectivity index (χ1) is 18.2. The van der Waals surface area contributed by atoms with Crippen LogP contribution in [0.4, 0.5) is 37.0 Å². The van der Waals surface area contributed by atoms with Gasteiger partial charge in [-0.3, -0.25) is 0 Å². The van der Waals surface area contributed by atoms with Crippen molar-refractivity contribution in [3.8, 4) is 5.69 Å². The van der Waals surface area contributed by atoms with Gasteiger partial charge < -0.3 is 14.5 Å². The van der Waals surface area contributed by atoms with Crippen LogP contribution in [0.3, 0.4) is 0 Å². The minimum Gasteiger partial charge on any atom is -0.483 e. The standard InChI is InChI=1S/C19H16Cl2F6N6O3S.C2H6/c1-4-35-7-28-16-14(37-19(25,26)27)12(15-30-36-8-32(15)17(34)31(2)3)29-33(16)13-10(20)5-9(6-11(13)21)18(22,23)24;1-2/h5-7H,4,8H2,1-3H3;1-2H3. The quantitative estimate of drug-likeness (QED) is 0.148. The highest BCUT2D eigenvalue weighted by Crippen LogP contribution is 2.47. The molecule has 2 amide bonds. The van der Waals surface area contributed by atoms with E-state index in [0.29, 0.717) is 16.8 Å². The number of aliphatic imine (C=N–C) groups is 1. The van der Waals surface area contributed by atoms with Crippen molar-refractivity contribution >= 4 is 59.0 Å². The summed E-state index contributed by atoms with van der Waals surface area (Å²) in [5.74, 6) is -0.961.